The number of esters is 1. The molecule has 0 aliphatic carbocycles. The third-order valence-electron chi connectivity index (χ3n) is 1.90. The second-order valence-electron chi connectivity index (χ2n) is 3.63. The predicted octanol–water partition coefficient (Wildman–Crippen LogP) is 1.31. The van der Waals surface area contributed by atoms with Gasteiger partial charge in [0.2, 0.25) is 0 Å². The Morgan fingerprint density at radius 2 is 1.68 bits per heavy atom. The summed E-state index contributed by atoms with van der Waals surface area (Å²) in [5, 5.41) is 0. The van der Waals surface area contributed by atoms with Gasteiger partial charge in [-0.05, 0) is 13.8 Å². The van der Waals surface area contributed by atoms with Crippen LogP contribution in [0.5, 0.6) is 0 Å². The van der Waals surface area contributed by atoms with Crippen LogP contribution in [0.25, 0.3) is 0 Å². The minimum absolute atomic E-state index is 0. The summed E-state index contributed by atoms with van der Waals surface area (Å²) in [5.41, 5.74) is 0. The Hall–Kier alpha value is -1.39. The molecule has 8 heteroatoms. The van der Waals surface area contributed by atoms with E-state index in [4.69, 9.17) is 23.4 Å². The van der Waals surface area contributed by atoms with Crippen molar-refractivity contribution >= 4 is 5.97 Å². The first-order valence-corrected chi connectivity index (χ1v) is 5.39. The summed E-state index contributed by atoms with van der Waals surface area (Å²) >= 11 is 0. The van der Waals surface area contributed by atoms with E-state index in [1.54, 1.807) is 12.2 Å². The number of carbonyl (C=O) groups is 1. The molecule has 122 valence electrons. The topological polar surface area (TPSA) is 104 Å². The molecule has 0 bridgehead atoms. The first-order chi connectivity index (χ1) is 10.0. The Bertz CT molecular complexity index is 379. The van der Waals surface area contributed by atoms with Crippen molar-refractivity contribution in [2.24, 2.45) is 0 Å². The maximum absolute atomic E-state index is 10.7. The zero-order valence-electron chi connectivity index (χ0n) is 12.3. The van der Waals surface area contributed by atoms with Crippen LogP contribution in [0.1, 0.15) is 13.8 Å². The van der Waals surface area contributed by atoms with Gasteiger partial charge >= 0.3 is 39.9 Å². The maximum Gasteiger partial charge on any atom is 0 e. The van der Waals surface area contributed by atoms with Crippen LogP contribution in [0.15, 0.2) is 24.3 Å². The average Bonchev–Trinajstić information content (AvgIpc) is 2.88. The van der Waals surface area contributed by atoms with Crippen molar-refractivity contribution in [2.75, 3.05) is 13.7 Å². The van der Waals surface area contributed by atoms with E-state index in [9.17, 15) is 4.79 Å². The van der Waals surface area contributed by atoms with Gasteiger partial charge in [-0.15, -0.1) is 0 Å². The van der Waals surface area contributed by atoms with Crippen LogP contribution >= 0.6 is 0 Å². The normalized spacial score (nSPS) is 17.4. The zero-order chi connectivity index (χ0) is 17.3. The van der Waals surface area contributed by atoms with Crippen LogP contribution in [0, 0.1) is 20.0 Å². The SMILES string of the molecule is COC(=O)/C=C/C=C/[C@H]1COC(C)(C)O1.[C-]#[O+].[C-]#[O+].[C-]#[O+].[Fe]. The molecule has 0 saturated carbocycles. The van der Waals surface area contributed by atoms with Gasteiger partial charge < -0.3 is 14.2 Å². The number of allylic oxidation sites excluding steroid dienone is 2. The number of ether oxygens (including phenoxy) is 3. The van der Waals surface area contributed by atoms with Gasteiger partial charge in [0, 0.05) is 23.1 Å². The van der Waals surface area contributed by atoms with Crippen molar-refractivity contribution < 1.29 is 50.0 Å². The Morgan fingerprint density at radius 3 is 2.05 bits per heavy atom. The summed E-state index contributed by atoms with van der Waals surface area (Å²) in [5.74, 6) is -0.885. The van der Waals surface area contributed by atoms with E-state index in [0.29, 0.717) is 6.61 Å². The summed E-state index contributed by atoms with van der Waals surface area (Å²) in [4.78, 5) is 10.7. The van der Waals surface area contributed by atoms with Crippen molar-refractivity contribution in [3.63, 3.8) is 0 Å². The van der Waals surface area contributed by atoms with Crippen molar-refractivity contribution in [3.8, 4) is 0 Å². The Morgan fingerprint density at radius 1 is 1.18 bits per heavy atom. The molecule has 0 N–H and O–H groups in total. The maximum atomic E-state index is 10.7. The minimum Gasteiger partial charge on any atom is 0 e. The fourth-order valence-electron chi connectivity index (χ4n) is 1.20. The quantitative estimate of drug-likeness (QED) is 0.191. The van der Waals surface area contributed by atoms with Crippen molar-refractivity contribution in [3.05, 3.63) is 44.3 Å². The van der Waals surface area contributed by atoms with Crippen LogP contribution in [0.4, 0.5) is 0 Å². The number of hydrogen-bond donors (Lipinski definition) is 0. The van der Waals surface area contributed by atoms with Gasteiger partial charge in [0.15, 0.2) is 5.79 Å². The summed E-state index contributed by atoms with van der Waals surface area (Å²) in [6.45, 7) is 17.8. The van der Waals surface area contributed by atoms with Gasteiger partial charge in [-0.3, -0.25) is 0 Å². The first-order valence-electron chi connectivity index (χ1n) is 5.39. The van der Waals surface area contributed by atoms with Crippen LogP contribution in [-0.4, -0.2) is 31.6 Å². The van der Waals surface area contributed by atoms with Crippen LogP contribution < -0.4 is 0 Å². The molecule has 1 heterocycles. The number of hydrogen-bond acceptors (Lipinski definition) is 4. The summed E-state index contributed by atoms with van der Waals surface area (Å²) < 4.78 is 37.8. The van der Waals surface area contributed by atoms with Gasteiger partial charge in [-0.1, -0.05) is 18.2 Å². The Labute approximate surface area is 140 Å². The predicted molar refractivity (Wildman–Crippen MR) is 67.0 cm³/mol. The molecule has 0 aromatic carbocycles. The second-order valence-corrected chi connectivity index (χ2v) is 3.63. The van der Waals surface area contributed by atoms with Gasteiger partial charge in [0.05, 0.1) is 13.7 Å². The molecule has 0 aromatic heterocycles. The molecule has 0 unspecified atom stereocenters. The summed E-state index contributed by atoms with van der Waals surface area (Å²) in [6, 6.07) is 0. The third kappa shape index (κ3) is 16.7. The van der Waals surface area contributed by atoms with Gasteiger partial charge in [-0.25, -0.2) is 4.79 Å². The standard InChI is InChI=1S/C11H16O4.3CO.Fe/c1-11(2)14-8-9(15-11)6-4-5-7-10(12)13-3;3*1-2;/h4-7,9H,8H2,1-3H3;;;;/b6-4+,7-5+;;;;/t9-;;;;/m0..../s1. The molecule has 1 saturated heterocycles. The van der Waals surface area contributed by atoms with Crippen LogP contribution in [-0.2, 0) is 50.0 Å². The van der Waals surface area contributed by atoms with E-state index in [2.05, 4.69) is 24.7 Å². The van der Waals surface area contributed by atoms with E-state index < -0.39 is 5.79 Å². The van der Waals surface area contributed by atoms with Gasteiger partial charge in [0.25, 0.3) is 0 Å². The Balaban J connectivity index is -0.000000206. The zero-order valence-corrected chi connectivity index (χ0v) is 13.4. The Kier molecular flexibility index (Phi) is 25.6. The van der Waals surface area contributed by atoms with E-state index in [1.165, 1.54) is 13.2 Å². The largest absolute Gasteiger partial charge is 0 e. The van der Waals surface area contributed by atoms with Gasteiger partial charge in [-0.2, -0.15) is 0 Å². The molecule has 1 atom stereocenters. The first kappa shape index (κ1) is 28.7. The molecule has 0 amide bonds. The minimum atomic E-state index is -0.513. The number of rotatable bonds is 3. The smallest absolute Gasteiger partial charge is 0 e. The molecular weight excluding hydrogens is 336 g/mol. The molecule has 7 nitrogen and oxygen atoms in total. The molecule has 0 spiro atoms. The molecule has 22 heavy (non-hydrogen) atoms. The fraction of sp³-hybridized carbons (Fsp3) is 0.429. The fourth-order valence-corrected chi connectivity index (χ4v) is 1.20. The van der Waals surface area contributed by atoms with Crippen LogP contribution in [0.2, 0.25) is 0 Å². The number of methoxy groups -OCH3 is 1. The van der Waals surface area contributed by atoms with E-state index in [-0.39, 0.29) is 29.1 Å². The van der Waals surface area contributed by atoms with E-state index >= 15 is 0 Å². The molecule has 0 aromatic rings. The monoisotopic (exact) mass is 352 g/mol. The van der Waals surface area contributed by atoms with Crippen molar-refractivity contribution in [1.82, 2.24) is 0 Å². The molecule has 1 fully saturated rings. The van der Waals surface area contributed by atoms with E-state index in [0.717, 1.165) is 0 Å². The molecule has 1 rings (SSSR count). The molecular formula is C14H16FeO7. The third-order valence-corrected chi connectivity index (χ3v) is 1.90. The second kappa shape index (κ2) is 19.6. The average molecular weight is 352 g/mol. The van der Waals surface area contributed by atoms with E-state index in [1.807, 2.05) is 19.9 Å². The summed E-state index contributed by atoms with van der Waals surface area (Å²) in [7, 11) is 1.34. The van der Waals surface area contributed by atoms with Gasteiger partial charge in [0.1, 0.15) is 6.10 Å². The van der Waals surface area contributed by atoms with Crippen LogP contribution in [0.3, 0.4) is 0 Å². The van der Waals surface area contributed by atoms with Crippen molar-refractivity contribution in [1.29, 1.82) is 0 Å². The molecule has 0 radical (unpaired) electrons. The number of carbonyl (C=O) groups excluding carboxylic acids is 1. The summed E-state index contributed by atoms with van der Waals surface area (Å²) in [6.07, 6.45) is 6.49. The molecule has 1 aliphatic rings. The van der Waals surface area contributed by atoms with Crippen molar-refractivity contribution in [2.45, 2.75) is 25.7 Å². The molecule has 1 aliphatic heterocycles.